The molecular formula is C14H26O2. The van der Waals surface area contributed by atoms with Crippen molar-refractivity contribution in [3.63, 3.8) is 0 Å². The van der Waals surface area contributed by atoms with Gasteiger partial charge in [-0.1, -0.05) is 33.8 Å². The number of Topliss-reactive ketones (excluding diaryl/α,β-unsaturated/α-hetero) is 2. The molecule has 0 aliphatic heterocycles. The number of hydrogen-bond donors (Lipinski definition) is 0. The normalized spacial score (nSPS) is 12.5. The van der Waals surface area contributed by atoms with Crippen LogP contribution in [0, 0.1) is 5.92 Å². The number of hydrogen-bond acceptors (Lipinski definition) is 2. The van der Waals surface area contributed by atoms with Gasteiger partial charge in [-0.25, -0.2) is 0 Å². The molecule has 0 aromatic carbocycles. The molecule has 0 aromatic heterocycles. The number of carbonyl (C=O) groups is 2. The zero-order valence-electron chi connectivity index (χ0n) is 11.6. The molecular weight excluding hydrogens is 200 g/mol. The first-order valence-electron chi connectivity index (χ1n) is 6.13. The summed E-state index contributed by atoms with van der Waals surface area (Å²) in [5, 5.41) is 0. The molecule has 1 unspecified atom stereocenters. The van der Waals surface area contributed by atoms with E-state index in [0.29, 0.717) is 12.2 Å². The molecule has 0 aliphatic carbocycles. The first-order valence-corrected chi connectivity index (χ1v) is 6.13. The Labute approximate surface area is 100 Å². The Balaban J connectivity index is 0. The second kappa shape index (κ2) is 10.6. The fourth-order valence-electron chi connectivity index (χ4n) is 1.08. The molecule has 0 saturated heterocycles. The third-order valence-electron chi connectivity index (χ3n) is 2.71. The number of rotatable bonds is 5. The molecule has 94 valence electrons. The van der Waals surface area contributed by atoms with E-state index in [9.17, 15) is 9.59 Å². The van der Waals surface area contributed by atoms with Crippen LogP contribution in [-0.4, -0.2) is 11.6 Å². The average Bonchev–Trinajstić information content (AvgIpc) is 2.29. The van der Waals surface area contributed by atoms with Crippen molar-refractivity contribution in [1.82, 2.24) is 0 Å². The van der Waals surface area contributed by atoms with Gasteiger partial charge >= 0.3 is 0 Å². The fourth-order valence-corrected chi connectivity index (χ4v) is 1.08. The lowest BCUT2D eigenvalue weighted by Crippen LogP contribution is -2.03. The molecule has 0 saturated carbocycles. The summed E-state index contributed by atoms with van der Waals surface area (Å²) in [6.07, 6.45) is 4.36. The van der Waals surface area contributed by atoms with E-state index in [-0.39, 0.29) is 11.7 Å². The Morgan fingerprint density at radius 2 is 1.62 bits per heavy atom. The maximum Gasteiger partial charge on any atom is 0.158 e. The van der Waals surface area contributed by atoms with Gasteiger partial charge in [0.05, 0.1) is 0 Å². The lowest BCUT2D eigenvalue weighted by Gasteiger charge is -1.98. The highest BCUT2D eigenvalue weighted by Crippen LogP contribution is 2.03. The molecule has 0 radical (unpaired) electrons. The molecule has 0 fully saturated rings. The largest absolute Gasteiger partial charge is 0.300 e. The molecule has 16 heavy (non-hydrogen) atoms. The van der Waals surface area contributed by atoms with Crippen LogP contribution in [0.15, 0.2) is 11.6 Å². The van der Waals surface area contributed by atoms with Gasteiger partial charge in [-0.3, -0.25) is 9.59 Å². The number of ketones is 2. The molecule has 1 atom stereocenters. The minimum Gasteiger partial charge on any atom is -0.300 e. The Morgan fingerprint density at radius 3 is 1.69 bits per heavy atom. The highest BCUT2D eigenvalue weighted by atomic mass is 16.1. The quantitative estimate of drug-likeness (QED) is 0.665. The molecule has 0 amide bonds. The van der Waals surface area contributed by atoms with Crippen LogP contribution in [0.2, 0.25) is 0 Å². The van der Waals surface area contributed by atoms with E-state index in [1.807, 2.05) is 40.7 Å². The van der Waals surface area contributed by atoms with Crippen molar-refractivity contribution in [3.05, 3.63) is 11.6 Å². The maximum atomic E-state index is 10.9. The van der Waals surface area contributed by atoms with Gasteiger partial charge in [-0.2, -0.15) is 0 Å². The molecule has 0 heterocycles. The van der Waals surface area contributed by atoms with E-state index in [1.165, 1.54) is 0 Å². The number of allylic oxidation sites excluding steroid dienone is 2. The first-order chi connectivity index (χ1) is 7.44. The summed E-state index contributed by atoms with van der Waals surface area (Å²) in [5.74, 6) is 0.836. The minimum atomic E-state index is 0.264. The van der Waals surface area contributed by atoms with Crippen LogP contribution in [-0.2, 0) is 9.59 Å². The molecule has 2 nitrogen and oxygen atoms in total. The van der Waals surface area contributed by atoms with Gasteiger partial charge in [-0.15, -0.1) is 0 Å². The molecule has 0 bridgehead atoms. The van der Waals surface area contributed by atoms with Crippen LogP contribution < -0.4 is 0 Å². The van der Waals surface area contributed by atoms with E-state index in [2.05, 4.69) is 0 Å². The van der Waals surface area contributed by atoms with Gasteiger partial charge in [0.1, 0.15) is 5.78 Å². The average molecular weight is 226 g/mol. The Kier molecular flexibility index (Phi) is 11.6. The van der Waals surface area contributed by atoms with Gasteiger partial charge in [-0.05, 0) is 32.3 Å². The van der Waals surface area contributed by atoms with E-state index in [1.54, 1.807) is 6.92 Å². The summed E-state index contributed by atoms with van der Waals surface area (Å²) in [4.78, 5) is 21.3. The van der Waals surface area contributed by atoms with Crippen molar-refractivity contribution in [3.8, 4) is 0 Å². The van der Waals surface area contributed by atoms with Crippen molar-refractivity contribution in [2.24, 2.45) is 5.92 Å². The molecule has 2 heteroatoms. The van der Waals surface area contributed by atoms with E-state index in [4.69, 9.17) is 0 Å². The fraction of sp³-hybridized carbons (Fsp3) is 0.714. The third-order valence-corrected chi connectivity index (χ3v) is 2.71. The summed E-state index contributed by atoms with van der Waals surface area (Å²) in [5.41, 5.74) is 0.956. The van der Waals surface area contributed by atoms with Crippen molar-refractivity contribution >= 4 is 11.6 Å². The lowest BCUT2D eigenvalue weighted by molar-refractivity contribution is -0.120. The van der Waals surface area contributed by atoms with Crippen LogP contribution in [0.5, 0.6) is 0 Å². The van der Waals surface area contributed by atoms with Crippen LogP contribution in [0.3, 0.4) is 0 Å². The maximum absolute atomic E-state index is 10.9. The van der Waals surface area contributed by atoms with Gasteiger partial charge < -0.3 is 0 Å². The molecule has 0 N–H and O–H groups in total. The summed E-state index contributed by atoms with van der Waals surface area (Å²) in [6, 6.07) is 0. The van der Waals surface area contributed by atoms with Gasteiger partial charge in [0, 0.05) is 12.3 Å². The molecule has 0 aliphatic rings. The summed E-state index contributed by atoms with van der Waals surface area (Å²) >= 11 is 0. The van der Waals surface area contributed by atoms with Gasteiger partial charge in [0.15, 0.2) is 5.78 Å². The van der Waals surface area contributed by atoms with Crippen LogP contribution in [0.1, 0.15) is 60.8 Å². The standard InChI is InChI=1S/C8H14O.C6H12O/c1-4-7(5-2)8(9)6-3;1-4-5(2)6(3)7/h4H,5-6H2,1-3H3;5H,4H2,1-3H3. The van der Waals surface area contributed by atoms with Crippen LogP contribution >= 0.6 is 0 Å². The van der Waals surface area contributed by atoms with Crippen molar-refractivity contribution < 1.29 is 9.59 Å². The SMILES string of the molecule is CC=C(CC)C(=O)CC.CCC(C)C(C)=O. The van der Waals surface area contributed by atoms with E-state index >= 15 is 0 Å². The highest BCUT2D eigenvalue weighted by molar-refractivity contribution is 5.94. The highest BCUT2D eigenvalue weighted by Gasteiger charge is 2.01. The summed E-state index contributed by atoms with van der Waals surface area (Å²) in [6.45, 7) is 11.4. The topological polar surface area (TPSA) is 34.1 Å². The smallest absolute Gasteiger partial charge is 0.158 e. The Morgan fingerprint density at radius 1 is 1.12 bits per heavy atom. The Hall–Kier alpha value is -0.920. The third kappa shape index (κ3) is 8.39. The predicted molar refractivity (Wildman–Crippen MR) is 69.5 cm³/mol. The lowest BCUT2D eigenvalue weighted by atomic mass is 10.1. The zero-order valence-corrected chi connectivity index (χ0v) is 11.6. The van der Waals surface area contributed by atoms with Crippen molar-refractivity contribution in [2.75, 3.05) is 0 Å². The minimum absolute atomic E-state index is 0.264. The number of carbonyl (C=O) groups excluding carboxylic acids is 2. The van der Waals surface area contributed by atoms with Gasteiger partial charge in [0.2, 0.25) is 0 Å². The van der Waals surface area contributed by atoms with Gasteiger partial charge in [0.25, 0.3) is 0 Å². The van der Waals surface area contributed by atoms with Crippen LogP contribution in [0.25, 0.3) is 0 Å². The van der Waals surface area contributed by atoms with E-state index in [0.717, 1.165) is 18.4 Å². The van der Waals surface area contributed by atoms with Crippen LogP contribution in [0.4, 0.5) is 0 Å². The second-order valence-electron chi connectivity index (χ2n) is 3.86. The predicted octanol–water partition coefficient (Wildman–Crippen LogP) is 3.94. The Bertz CT molecular complexity index is 239. The first kappa shape index (κ1) is 17.5. The van der Waals surface area contributed by atoms with Crippen molar-refractivity contribution in [2.45, 2.75) is 60.8 Å². The summed E-state index contributed by atoms with van der Waals surface area (Å²) < 4.78 is 0. The summed E-state index contributed by atoms with van der Waals surface area (Å²) in [7, 11) is 0. The van der Waals surface area contributed by atoms with Crippen molar-refractivity contribution in [1.29, 1.82) is 0 Å². The molecule has 0 aromatic rings. The monoisotopic (exact) mass is 226 g/mol. The zero-order chi connectivity index (χ0) is 13.1. The van der Waals surface area contributed by atoms with E-state index < -0.39 is 0 Å². The molecule has 0 spiro atoms. The molecule has 0 rings (SSSR count). The second-order valence-corrected chi connectivity index (χ2v) is 3.86.